The van der Waals surface area contributed by atoms with E-state index in [1.807, 2.05) is 40.7 Å². The number of piperidine rings is 1. The van der Waals surface area contributed by atoms with E-state index in [-0.39, 0.29) is 36.9 Å². The van der Waals surface area contributed by atoms with Gasteiger partial charge in [0.2, 0.25) is 11.8 Å². The number of likely N-dealkylation sites (tertiary alicyclic amines) is 1. The van der Waals surface area contributed by atoms with E-state index < -0.39 is 23.5 Å². The summed E-state index contributed by atoms with van der Waals surface area (Å²) in [5.41, 5.74) is 0.172. The van der Waals surface area contributed by atoms with Gasteiger partial charge in [-0.3, -0.25) is 14.5 Å². The van der Waals surface area contributed by atoms with Crippen molar-refractivity contribution in [3.05, 3.63) is 17.8 Å². The zero-order valence-electron chi connectivity index (χ0n) is 28.7. The van der Waals surface area contributed by atoms with Gasteiger partial charge in [-0.25, -0.2) is 9.78 Å². The molecule has 1 aromatic rings. The van der Waals surface area contributed by atoms with Crippen LogP contribution in [0.4, 0.5) is 10.6 Å². The van der Waals surface area contributed by atoms with Crippen LogP contribution in [-0.4, -0.2) is 92.6 Å². The fourth-order valence-corrected chi connectivity index (χ4v) is 5.67. The first kappa shape index (κ1) is 36.5. The predicted molar refractivity (Wildman–Crippen MR) is 173 cm³/mol. The lowest BCUT2D eigenvalue weighted by Gasteiger charge is -2.39. The Hall–Kier alpha value is -2.92. The summed E-state index contributed by atoms with van der Waals surface area (Å²) in [7, 11) is 1.66. The van der Waals surface area contributed by atoms with Gasteiger partial charge < -0.3 is 29.2 Å². The molecule has 0 spiro atoms. The second kappa shape index (κ2) is 17.1. The average Bonchev–Trinajstić information content (AvgIpc) is 3.81. The topological polar surface area (TPSA) is 120 Å². The fourth-order valence-electron chi connectivity index (χ4n) is 5.67. The van der Waals surface area contributed by atoms with Crippen molar-refractivity contribution in [3.8, 4) is 5.75 Å². The molecule has 254 valence electrons. The van der Waals surface area contributed by atoms with Crippen LogP contribution in [0, 0.1) is 30.6 Å². The maximum Gasteiger partial charge on any atom is 0.410 e. The van der Waals surface area contributed by atoms with Crippen molar-refractivity contribution in [2.45, 2.75) is 92.2 Å². The highest BCUT2D eigenvalue weighted by atomic mass is 16.6. The number of anilines is 1. The summed E-state index contributed by atoms with van der Waals surface area (Å²) in [5, 5.41) is 3.11. The number of aromatic nitrogens is 1. The molecule has 0 aromatic carbocycles. The molecule has 1 unspecified atom stereocenters. The summed E-state index contributed by atoms with van der Waals surface area (Å²) in [6, 6.07) is 1.85. The van der Waals surface area contributed by atoms with Crippen molar-refractivity contribution in [1.29, 1.82) is 0 Å². The number of aryl methyl sites for hydroxylation is 1. The smallest absolute Gasteiger partial charge is 0.410 e. The van der Waals surface area contributed by atoms with Crippen molar-refractivity contribution < 1.29 is 33.3 Å². The molecule has 2 aliphatic rings. The van der Waals surface area contributed by atoms with E-state index in [2.05, 4.69) is 24.1 Å². The Morgan fingerprint density at radius 1 is 1.13 bits per heavy atom. The van der Waals surface area contributed by atoms with Crippen molar-refractivity contribution in [2.75, 3.05) is 58.1 Å². The summed E-state index contributed by atoms with van der Waals surface area (Å²) in [6.07, 6.45) is 4.94. The lowest BCUT2D eigenvalue weighted by molar-refractivity contribution is -0.130. The van der Waals surface area contributed by atoms with E-state index in [0.29, 0.717) is 56.9 Å². The Labute approximate surface area is 269 Å². The van der Waals surface area contributed by atoms with E-state index in [1.54, 1.807) is 18.2 Å². The molecule has 11 nitrogen and oxygen atoms in total. The molecular weight excluding hydrogens is 576 g/mol. The quantitative estimate of drug-likeness (QED) is 0.253. The fraction of sp³-hybridized carbons (Fsp3) is 0.765. The minimum atomic E-state index is -0.708. The Bertz CT molecular complexity index is 1120. The number of carbonyl (C=O) groups excluding carboxylic acids is 3. The van der Waals surface area contributed by atoms with E-state index in [0.717, 1.165) is 31.2 Å². The SMILES string of the molecule is CCOCC(CNC(=O)[C@H]1C[C@@H](C(=O)N(c2cc(OCCCOC)c(C)cn2)C2CC2)CN(C(=O)OC(C)(C)C)C1)CC(C)C. The maximum absolute atomic E-state index is 14.3. The van der Waals surface area contributed by atoms with Crippen molar-refractivity contribution in [3.63, 3.8) is 0 Å². The summed E-state index contributed by atoms with van der Waals surface area (Å²) in [5.74, 6) is 0.396. The van der Waals surface area contributed by atoms with Gasteiger partial charge in [-0.05, 0) is 72.1 Å². The van der Waals surface area contributed by atoms with Crippen LogP contribution < -0.4 is 15.0 Å². The van der Waals surface area contributed by atoms with Crippen LogP contribution in [0.25, 0.3) is 0 Å². The second-order valence-corrected chi connectivity index (χ2v) is 13.9. The number of ether oxygens (including phenoxy) is 4. The third-order valence-corrected chi connectivity index (χ3v) is 7.94. The lowest BCUT2D eigenvalue weighted by atomic mass is 9.87. The first-order chi connectivity index (χ1) is 21.3. The Morgan fingerprint density at radius 2 is 1.84 bits per heavy atom. The van der Waals surface area contributed by atoms with Crippen molar-refractivity contribution in [2.24, 2.45) is 23.7 Å². The molecule has 1 saturated carbocycles. The molecule has 2 heterocycles. The van der Waals surface area contributed by atoms with E-state index in [9.17, 15) is 14.4 Å². The largest absolute Gasteiger partial charge is 0.493 e. The van der Waals surface area contributed by atoms with Gasteiger partial charge in [-0.2, -0.15) is 0 Å². The standard InChI is InChI=1S/C34H56N4O7/c1-9-43-22-25(15-23(2)3)19-36-31(39)26-16-27(21-37(20-26)33(41)45-34(5,6)7)32(40)38(28-11-12-28)30-17-29(24(4)18-35-30)44-14-10-13-42-8/h17-18,23,25-28H,9-16,19-22H2,1-8H3,(H,36,39)/t25?,26-,27+/m0/s1. The minimum Gasteiger partial charge on any atom is -0.493 e. The molecule has 1 aromatic heterocycles. The van der Waals surface area contributed by atoms with Gasteiger partial charge in [0.1, 0.15) is 17.2 Å². The number of nitrogens with zero attached hydrogens (tertiary/aromatic N) is 3. The summed E-state index contributed by atoms with van der Waals surface area (Å²) in [4.78, 5) is 49.1. The molecule has 2 fully saturated rings. The van der Waals surface area contributed by atoms with Crippen LogP contribution in [0.5, 0.6) is 5.75 Å². The molecule has 0 bridgehead atoms. The Kier molecular flexibility index (Phi) is 13.9. The predicted octanol–water partition coefficient (Wildman–Crippen LogP) is 4.99. The van der Waals surface area contributed by atoms with Crippen LogP contribution in [0.15, 0.2) is 12.3 Å². The molecule has 3 atom stereocenters. The summed E-state index contributed by atoms with van der Waals surface area (Å²) in [6.45, 7) is 16.7. The number of hydrogen-bond acceptors (Lipinski definition) is 8. The van der Waals surface area contributed by atoms with Gasteiger partial charge in [0.15, 0.2) is 0 Å². The molecular formula is C34H56N4O7. The summed E-state index contributed by atoms with van der Waals surface area (Å²) >= 11 is 0. The van der Waals surface area contributed by atoms with Gasteiger partial charge >= 0.3 is 6.09 Å². The molecule has 3 amide bonds. The molecule has 1 saturated heterocycles. The van der Waals surface area contributed by atoms with Gasteiger partial charge in [0.25, 0.3) is 0 Å². The number of carbonyl (C=O) groups is 3. The Balaban J connectivity index is 1.81. The molecule has 0 radical (unpaired) electrons. The van der Waals surface area contributed by atoms with Crippen LogP contribution in [0.3, 0.4) is 0 Å². The van der Waals surface area contributed by atoms with Crippen molar-refractivity contribution >= 4 is 23.7 Å². The van der Waals surface area contributed by atoms with Crippen LogP contribution in [-0.2, 0) is 23.8 Å². The lowest BCUT2D eigenvalue weighted by Crippen LogP contribution is -2.54. The van der Waals surface area contributed by atoms with Gasteiger partial charge in [0, 0.05) is 70.2 Å². The minimum absolute atomic E-state index is 0.0218. The highest BCUT2D eigenvalue weighted by Gasteiger charge is 2.44. The zero-order chi connectivity index (χ0) is 33.1. The first-order valence-corrected chi connectivity index (χ1v) is 16.6. The number of rotatable bonds is 16. The molecule has 3 rings (SSSR count). The first-order valence-electron chi connectivity index (χ1n) is 16.6. The van der Waals surface area contributed by atoms with E-state index in [4.69, 9.17) is 18.9 Å². The maximum atomic E-state index is 14.3. The molecule has 11 heteroatoms. The van der Waals surface area contributed by atoms with Crippen molar-refractivity contribution in [1.82, 2.24) is 15.2 Å². The molecule has 1 N–H and O–H groups in total. The van der Waals surface area contributed by atoms with Gasteiger partial charge in [0.05, 0.1) is 25.0 Å². The van der Waals surface area contributed by atoms with Gasteiger partial charge in [-0.15, -0.1) is 0 Å². The molecule has 1 aliphatic heterocycles. The summed E-state index contributed by atoms with van der Waals surface area (Å²) < 4.78 is 22.5. The number of amides is 3. The highest BCUT2D eigenvalue weighted by Crippen LogP contribution is 2.36. The molecule has 1 aliphatic carbocycles. The van der Waals surface area contributed by atoms with E-state index in [1.165, 1.54) is 4.90 Å². The monoisotopic (exact) mass is 632 g/mol. The zero-order valence-corrected chi connectivity index (χ0v) is 28.7. The third kappa shape index (κ3) is 11.7. The highest BCUT2D eigenvalue weighted by molar-refractivity contribution is 5.96. The van der Waals surface area contributed by atoms with E-state index >= 15 is 0 Å². The third-order valence-electron chi connectivity index (χ3n) is 7.94. The molecule has 45 heavy (non-hydrogen) atoms. The second-order valence-electron chi connectivity index (χ2n) is 13.9. The number of methoxy groups -OCH3 is 1. The number of hydrogen-bond donors (Lipinski definition) is 1. The van der Waals surface area contributed by atoms with Crippen LogP contribution in [0.2, 0.25) is 0 Å². The van der Waals surface area contributed by atoms with Crippen LogP contribution >= 0.6 is 0 Å². The number of nitrogens with one attached hydrogen (secondary N) is 1. The Morgan fingerprint density at radius 3 is 2.47 bits per heavy atom. The normalized spacial score (nSPS) is 19.3. The van der Waals surface area contributed by atoms with Gasteiger partial charge in [-0.1, -0.05) is 13.8 Å². The number of pyridine rings is 1. The average molecular weight is 633 g/mol. The van der Waals surface area contributed by atoms with Crippen LogP contribution in [0.1, 0.15) is 79.2 Å².